The van der Waals surface area contributed by atoms with Gasteiger partial charge in [-0.3, -0.25) is 10.1 Å². The fourth-order valence-electron chi connectivity index (χ4n) is 4.21. The minimum Gasteiger partial charge on any atom is -0.508 e. The number of phenolic OH excluding ortho intramolecular Hbond substituents is 1. The quantitative estimate of drug-likeness (QED) is 0.474. The van der Waals surface area contributed by atoms with Gasteiger partial charge in [-0.15, -0.1) is 0 Å². The first-order chi connectivity index (χ1) is 13.9. The third kappa shape index (κ3) is 3.27. The van der Waals surface area contributed by atoms with Crippen molar-refractivity contribution in [2.75, 3.05) is 12.4 Å². The normalized spacial score (nSPS) is 20.4. The zero-order valence-electron chi connectivity index (χ0n) is 16.3. The maximum atomic E-state index is 11.0. The number of benzene rings is 3. The van der Waals surface area contributed by atoms with Gasteiger partial charge in [0.05, 0.1) is 18.1 Å². The van der Waals surface area contributed by atoms with Gasteiger partial charge in [0.25, 0.3) is 5.69 Å². The van der Waals surface area contributed by atoms with E-state index in [4.69, 9.17) is 4.74 Å². The van der Waals surface area contributed by atoms with Gasteiger partial charge in [0, 0.05) is 28.8 Å². The van der Waals surface area contributed by atoms with Gasteiger partial charge in [-0.1, -0.05) is 37.3 Å². The van der Waals surface area contributed by atoms with Crippen LogP contribution < -0.4 is 10.1 Å². The Labute approximate surface area is 168 Å². The molecule has 4 rings (SSSR count). The number of fused-ring (bicyclic) bond motifs is 1. The highest BCUT2D eigenvalue weighted by molar-refractivity contribution is 5.65. The molecule has 3 aromatic rings. The molecule has 0 saturated heterocycles. The number of ether oxygens (including phenoxy) is 1. The van der Waals surface area contributed by atoms with Gasteiger partial charge in [-0.05, 0) is 41.8 Å². The summed E-state index contributed by atoms with van der Waals surface area (Å²) < 4.78 is 5.43. The maximum Gasteiger partial charge on any atom is 0.269 e. The second-order valence-electron chi connectivity index (χ2n) is 7.51. The molecule has 1 aliphatic heterocycles. The molecule has 148 valence electrons. The van der Waals surface area contributed by atoms with Crippen LogP contribution in [-0.2, 0) is 5.41 Å². The van der Waals surface area contributed by atoms with Crippen LogP contribution >= 0.6 is 0 Å². The third-order valence-electron chi connectivity index (χ3n) is 5.77. The van der Waals surface area contributed by atoms with Crippen LogP contribution in [-0.4, -0.2) is 17.1 Å². The Morgan fingerprint density at radius 3 is 2.48 bits per heavy atom. The first-order valence-electron chi connectivity index (χ1n) is 9.40. The fraction of sp³-hybridized carbons (Fsp3) is 0.217. The number of methoxy groups -OCH3 is 1. The van der Waals surface area contributed by atoms with Crippen molar-refractivity contribution in [2.45, 2.75) is 24.8 Å². The molecule has 0 unspecified atom stereocenters. The first-order valence-corrected chi connectivity index (χ1v) is 9.40. The highest BCUT2D eigenvalue weighted by Crippen LogP contribution is 2.51. The highest BCUT2D eigenvalue weighted by Gasteiger charge is 2.40. The predicted molar refractivity (Wildman–Crippen MR) is 112 cm³/mol. The van der Waals surface area contributed by atoms with Crippen LogP contribution in [0, 0.1) is 10.1 Å². The summed E-state index contributed by atoms with van der Waals surface area (Å²) in [7, 11) is 1.63. The number of hydrogen-bond acceptors (Lipinski definition) is 5. The van der Waals surface area contributed by atoms with Crippen molar-refractivity contribution in [3.8, 4) is 11.5 Å². The summed E-state index contributed by atoms with van der Waals surface area (Å²) in [6, 6.07) is 19.8. The molecular weight excluding hydrogens is 368 g/mol. The number of phenols is 1. The summed E-state index contributed by atoms with van der Waals surface area (Å²) in [6.07, 6.45) is 0.669. The Hall–Kier alpha value is -3.54. The molecule has 2 N–H and O–H groups in total. The van der Waals surface area contributed by atoms with Gasteiger partial charge >= 0.3 is 0 Å². The molecule has 6 nitrogen and oxygen atoms in total. The van der Waals surface area contributed by atoms with Crippen LogP contribution in [0.2, 0.25) is 0 Å². The lowest BCUT2D eigenvalue weighted by Crippen LogP contribution is -2.34. The van der Waals surface area contributed by atoms with Crippen molar-refractivity contribution in [1.29, 1.82) is 0 Å². The number of aromatic hydroxyl groups is 1. The standard InChI is InChI=1S/C23H22N2O4/c1-23(18-5-3-4-6-22(18)26)14-21(15-7-9-16(10-8-15)25(27)28)24-20-12-11-17(29-2)13-19(20)23/h3-13,21,24,26H,14H2,1-2H3/t21-,23+/m0/s1. The lowest BCUT2D eigenvalue weighted by Gasteiger charge is -2.42. The lowest BCUT2D eigenvalue weighted by molar-refractivity contribution is -0.384. The van der Waals surface area contributed by atoms with E-state index in [1.165, 1.54) is 12.1 Å². The highest BCUT2D eigenvalue weighted by atomic mass is 16.6. The third-order valence-corrected chi connectivity index (χ3v) is 5.77. The van der Waals surface area contributed by atoms with Crippen LogP contribution in [0.25, 0.3) is 0 Å². The van der Waals surface area contributed by atoms with E-state index in [9.17, 15) is 15.2 Å². The smallest absolute Gasteiger partial charge is 0.269 e. The average molecular weight is 390 g/mol. The summed E-state index contributed by atoms with van der Waals surface area (Å²) in [5.74, 6) is 0.995. The average Bonchev–Trinajstić information content (AvgIpc) is 2.73. The molecule has 2 atom stereocenters. The molecular formula is C23H22N2O4. The molecule has 6 heteroatoms. The van der Waals surface area contributed by atoms with E-state index in [2.05, 4.69) is 12.2 Å². The zero-order valence-corrected chi connectivity index (χ0v) is 16.3. The van der Waals surface area contributed by atoms with E-state index in [0.717, 1.165) is 28.1 Å². The van der Waals surface area contributed by atoms with E-state index in [1.807, 2.05) is 36.4 Å². The number of hydrogen-bond donors (Lipinski definition) is 2. The number of nitro groups is 1. The van der Waals surface area contributed by atoms with Crippen molar-refractivity contribution in [2.24, 2.45) is 0 Å². The zero-order chi connectivity index (χ0) is 20.6. The molecule has 29 heavy (non-hydrogen) atoms. The Bertz CT molecular complexity index is 1060. The summed E-state index contributed by atoms with van der Waals surface area (Å²) >= 11 is 0. The molecule has 0 fully saturated rings. The molecule has 0 bridgehead atoms. The van der Waals surface area contributed by atoms with Crippen molar-refractivity contribution in [1.82, 2.24) is 0 Å². The summed E-state index contributed by atoms with van der Waals surface area (Å²) in [5, 5.41) is 25.1. The first kappa shape index (κ1) is 18.8. The number of anilines is 1. The Morgan fingerprint density at radius 2 is 1.83 bits per heavy atom. The van der Waals surface area contributed by atoms with Crippen LogP contribution in [0.5, 0.6) is 11.5 Å². The predicted octanol–water partition coefficient (Wildman–Crippen LogP) is 5.17. The molecule has 0 radical (unpaired) electrons. The molecule has 1 heterocycles. The number of nitrogens with one attached hydrogen (secondary N) is 1. The number of para-hydroxylation sites is 1. The van der Waals surface area contributed by atoms with Crippen LogP contribution in [0.4, 0.5) is 11.4 Å². The van der Waals surface area contributed by atoms with E-state index >= 15 is 0 Å². The monoisotopic (exact) mass is 390 g/mol. The van der Waals surface area contributed by atoms with E-state index in [1.54, 1.807) is 25.3 Å². The van der Waals surface area contributed by atoms with E-state index in [0.29, 0.717) is 6.42 Å². The summed E-state index contributed by atoms with van der Waals surface area (Å²) in [6.45, 7) is 2.11. The number of nitro benzene ring substituents is 1. The Kier molecular flexibility index (Phi) is 4.62. The van der Waals surface area contributed by atoms with E-state index in [-0.39, 0.29) is 17.5 Å². The Balaban J connectivity index is 1.83. The topological polar surface area (TPSA) is 84.6 Å². The van der Waals surface area contributed by atoms with Crippen LogP contribution in [0.1, 0.15) is 36.1 Å². The molecule has 3 aromatic carbocycles. The SMILES string of the molecule is COc1ccc2c(c1)[C@@](C)(c1ccccc1O)C[C@@H](c1ccc([N+](=O)[O-])cc1)N2. The minimum atomic E-state index is -0.479. The molecule has 0 amide bonds. The van der Waals surface area contributed by atoms with Gasteiger partial charge < -0.3 is 15.2 Å². The van der Waals surface area contributed by atoms with Gasteiger partial charge in [0.2, 0.25) is 0 Å². The number of nitrogens with zero attached hydrogens (tertiary/aromatic N) is 1. The van der Waals surface area contributed by atoms with Crippen molar-refractivity contribution in [3.05, 3.63) is 93.5 Å². The number of rotatable bonds is 4. The molecule has 0 aromatic heterocycles. The van der Waals surface area contributed by atoms with Gasteiger partial charge in [0.15, 0.2) is 0 Å². The molecule has 0 saturated carbocycles. The van der Waals surface area contributed by atoms with Gasteiger partial charge in [-0.25, -0.2) is 0 Å². The van der Waals surface area contributed by atoms with Crippen molar-refractivity contribution in [3.63, 3.8) is 0 Å². The molecule has 0 spiro atoms. The number of non-ortho nitro benzene ring substituents is 1. The van der Waals surface area contributed by atoms with E-state index < -0.39 is 10.3 Å². The fourth-order valence-corrected chi connectivity index (χ4v) is 4.21. The van der Waals surface area contributed by atoms with Crippen LogP contribution in [0.3, 0.4) is 0 Å². The van der Waals surface area contributed by atoms with Crippen LogP contribution in [0.15, 0.2) is 66.7 Å². The summed E-state index contributed by atoms with van der Waals surface area (Å²) in [5.41, 5.74) is 3.37. The van der Waals surface area contributed by atoms with Gasteiger partial charge in [0.1, 0.15) is 11.5 Å². The molecule has 0 aliphatic carbocycles. The van der Waals surface area contributed by atoms with Gasteiger partial charge in [-0.2, -0.15) is 0 Å². The lowest BCUT2D eigenvalue weighted by atomic mass is 9.68. The minimum absolute atomic E-state index is 0.0677. The van der Waals surface area contributed by atoms with Crippen molar-refractivity contribution < 1.29 is 14.8 Å². The summed E-state index contributed by atoms with van der Waals surface area (Å²) in [4.78, 5) is 10.6. The second-order valence-corrected chi connectivity index (χ2v) is 7.51. The molecule has 1 aliphatic rings. The second kappa shape index (κ2) is 7.13. The van der Waals surface area contributed by atoms with Crippen molar-refractivity contribution >= 4 is 11.4 Å². The Morgan fingerprint density at radius 1 is 1.10 bits per heavy atom. The largest absolute Gasteiger partial charge is 0.508 e. The maximum absolute atomic E-state index is 11.0.